The first kappa shape index (κ1) is 25.9. The molecule has 1 N–H and O–H groups in total. The molecule has 1 rings (SSSR count). The quantitative estimate of drug-likeness (QED) is 0.201. The minimum Gasteiger partial charge on any atom is -0.504 e. The second-order valence-corrected chi connectivity index (χ2v) is 7.99. The lowest BCUT2D eigenvalue weighted by atomic mass is 9.93. The lowest BCUT2D eigenvalue weighted by Gasteiger charge is -2.21. The fourth-order valence-electron chi connectivity index (χ4n) is 3.70. The van der Waals surface area contributed by atoms with Crippen molar-refractivity contribution in [3.63, 3.8) is 0 Å². The highest BCUT2D eigenvalue weighted by molar-refractivity contribution is 6.20. The zero-order chi connectivity index (χ0) is 22.4. The summed E-state index contributed by atoms with van der Waals surface area (Å²) in [7, 11) is 1.30. The number of aliphatic hydroxyl groups excluding tert-OH is 1. The molecule has 170 valence electrons. The Morgan fingerprint density at radius 1 is 0.967 bits per heavy atom. The van der Waals surface area contributed by atoms with Crippen LogP contribution in [0, 0.1) is 0 Å². The van der Waals surface area contributed by atoms with Gasteiger partial charge in [-0.15, -0.1) is 0 Å². The van der Waals surface area contributed by atoms with Crippen LogP contribution in [-0.4, -0.2) is 35.9 Å². The van der Waals surface area contributed by atoms with Gasteiger partial charge in [0.2, 0.25) is 11.6 Å². The Hall–Kier alpha value is -2.11. The molecular weight excluding hydrogens is 384 g/mol. The SMILES string of the molecule is CCCCCCCCCCCCCC(CC1=C(O)C(=O)C=C(OC)C1=O)OC(C)=O. The third kappa shape index (κ3) is 9.59. The molecular formula is C24H38O6. The monoisotopic (exact) mass is 422 g/mol. The molecule has 0 aliphatic heterocycles. The topological polar surface area (TPSA) is 89.9 Å². The van der Waals surface area contributed by atoms with Gasteiger partial charge in [0.1, 0.15) is 6.10 Å². The van der Waals surface area contributed by atoms with Gasteiger partial charge in [-0.1, -0.05) is 71.1 Å². The number of Topliss-reactive ketones (excluding diaryl/α,β-unsaturated/α-hetero) is 1. The van der Waals surface area contributed by atoms with Crippen molar-refractivity contribution in [1.82, 2.24) is 0 Å². The van der Waals surface area contributed by atoms with Crippen LogP contribution < -0.4 is 0 Å². The number of carbonyl (C=O) groups is 3. The standard InChI is InChI=1S/C24H38O6/c1-4-5-6-7-8-9-10-11-12-13-14-15-19(30-18(2)25)16-20-23(27)21(26)17-22(29-3)24(20)28/h17,19,27H,4-16H2,1-3H3. The summed E-state index contributed by atoms with van der Waals surface area (Å²) in [5, 5.41) is 10.0. The molecule has 0 aromatic heterocycles. The molecule has 0 saturated heterocycles. The number of rotatable bonds is 16. The maximum Gasteiger partial charge on any atom is 0.302 e. The van der Waals surface area contributed by atoms with Gasteiger partial charge in [0.05, 0.1) is 12.7 Å². The largest absolute Gasteiger partial charge is 0.504 e. The van der Waals surface area contributed by atoms with Crippen molar-refractivity contribution in [2.24, 2.45) is 0 Å². The summed E-state index contributed by atoms with van der Waals surface area (Å²) in [5.41, 5.74) is -0.0475. The van der Waals surface area contributed by atoms with Gasteiger partial charge in [-0.2, -0.15) is 0 Å². The maximum absolute atomic E-state index is 12.4. The molecule has 1 atom stereocenters. The van der Waals surface area contributed by atoms with E-state index in [0.717, 1.165) is 25.3 Å². The highest BCUT2D eigenvalue weighted by Crippen LogP contribution is 2.25. The molecule has 0 fully saturated rings. The van der Waals surface area contributed by atoms with Crippen LogP contribution in [0.3, 0.4) is 0 Å². The molecule has 0 aromatic rings. The molecule has 30 heavy (non-hydrogen) atoms. The Kier molecular flexibility index (Phi) is 12.8. The summed E-state index contributed by atoms with van der Waals surface area (Å²) in [6.07, 6.45) is 14.4. The van der Waals surface area contributed by atoms with Crippen molar-refractivity contribution in [3.05, 3.63) is 23.2 Å². The van der Waals surface area contributed by atoms with Crippen LogP contribution in [0.1, 0.15) is 97.3 Å². The van der Waals surface area contributed by atoms with E-state index >= 15 is 0 Å². The van der Waals surface area contributed by atoms with E-state index < -0.39 is 29.4 Å². The van der Waals surface area contributed by atoms with Crippen LogP contribution in [0.15, 0.2) is 23.2 Å². The maximum atomic E-state index is 12.4. The van der Waals surface area contributed by atoms with Crippen molar-refractivity contribution in [3.8, 4) is 0 Å². The first-order valence-corrected chi connectivity index (χ1v) is 11.3. The minimum atomic E-state index is -0.669. The number of unbranched alkanes of at least 4 members (excludes halogenated alkanes) is 10. The molecule has 0 bridgehead atoms. The number of ketones is 2. The second-order valence-electron chi connectivity index (χ2n) is 7.99. The average Bonchev–Trinajstić information content (AvgIpc) is 2.71. The van der Waals surface area contributed by atoms with E-state index in [1.165, 1.54) is 65.4 Å². The molecule has 0 radical (unpaired) electrons. The molecule has 6 nitrogen and oxygen atoms in total. The van der Waals surface area contributed by atoms with E-state index in [-0.39, 0.29) is 17.8 Å². The molecule has 0 heterocycles. The number of methoxy groups -OCH3 is 1. The second kappa shape index (κ2) is 14.8. The summed E-state index contributed by atoms with van der Waals surface area (Å²) in [6.45, 7) is 3.54. The average molecular weight is 423 g/mol. The molecule has 0 amide bonds. The van der Waals surface area contributed by atoms with Crippen LogP contribution in [0.2, 0.25) is 0 Å². The summed E-state index contributed by atoms with van der Waals surface area (Å²) >= 11 is 0. The van der Waals surface area contributed by atoms with Gasteiger partial charge in [0.25, 0.3) is 0 Å². The van der Waals surface area contributed by atoms with E-state index in [1.54, 1.807) is 0 Å². The number of ether oxygens (including phenoxy) is 2. The molecule has 0 saturated carbocycles. The van der Waals surface area contributed by atoms with Gasteiger partial charge in [0.15, 0.2) is 11.5 Å². The Morgan fingerprint density at radius 3 is 2.00 bits per heavy atom. The van der Waals surface area contributed by atoms with E-state index in [0.29, 0.717) is 6.42 Å². The predicted molar refractivity (Wildman–Crippen MR) is 116 cm³/mol. The molecule has 0 aromatic carbocycles. The zero-order valence-corrected chi connectivity index (χ0v) is 18.8. The van der Waals surface area contributed by atoms with E-state index in [4.69, 9.17) is 9.47 Å². The smallest absolute Gasteiger partial charge is 0.302 e. The van der Waals surface area contributed by atoms with E-state index in [1.807, 2.05) is 0 Å². The van der Waals surface area contributed by atoms with Gasteiger partial charge in [-0.3, -0.25) is 14.4 Å². The van der Waals surface area contributed by atoms with Crippen molar-refractivity contribution in [2.45, 2.75) is 103 Å². The van der Waals surface area contributed by atoms with Gasteiger partial charge in [-0.25, -0.2) is 0 Å². The van der Waals surface area contributed by atoms with Gasteiger partial charge < -0.3 is 14.6 Å². The molecule has 1 unspecified atom stereocenters. The van der Waals surface area contributed by atoms with E-state index in [2.05, 4.69) is 6.92 Å². The summed E-state index contributed by atoms with van der Waals surface area (Å²) in [5.74, 6) is -2.34. The van der Waals surface area contributed by atoms with E-state index in [9.17, 15) is 19.5 Å². The molecule has 0 spiro atoms. The van der Waals surface area contributed by atoms with Crippen LogP contribution in [-0.2, 0) is 23.9 Å². The van der Waals surface area contributed by atoms with Crippen molar-refractivity contribution in [2.75, 3.05) is 7.11 Å². The summed E-state index contributed by atoms with van der Waals surface area (Å²) in [4.78, 5) is 35.7. The molecule has 1 aliphatic carbocycles. The predicted octanol–water partition coefficient (Wildman–Crippen LogP) is 5.50. The van der Waals surface area contributed by atoms with Crippen LogP contribution in [0.4, 0.5) is 0 Å². The van der Waals surface area contributed by atoms with Gasteiger partial charge >= 0.3 is 5.97 Å². The fraction of sp³-hybridized carbons (Fsp3) is 0.708. The van der Waals surface area contributed by atoms with Crippen molar-refractivity contribution in [1.29, 1.82) is 0 Å². The number of aliphatic hydroxyl groups is 1. The van der Waals surface area contributed by atoms with Crippen LogP contribution >= 0.6 is 0 Å². The first-order chi connectivity index (χ1) is 14.4. The Balaban J connectivity index is 2.39. The normalized spacial score (nSPS) is 15.2. The summed E-state index contributed by atoms with van der Waals surface area (Å²) in [6, 6.07) is 0. The third-order valence-corrected chi connectivity index (χ3v) is 5.39. The van der Waals surface area contributed by atoms with Crippen molar-refractivity contribution < 1.29 is 29.0 Å². The van der Waals surface area contributed by atoms with Gasteiger partial charge in [-0.05, 0) is 12.8 Å². The number of esters is 1. The highest BCUT2D eigenvalue weighted by atomic mass is 16.5. The minimum absolute atomic E-state index is 0.00838. The third-order valence-electron chi connectivity index (χ3n) is 5.39. The lowest BCUT2D eigenvalue weighted by molar-refractivity contribution is -0.146. The van der Waals surface area contributed by atoms with Crippen LogP contribution in [0.25, 0.3) is 0 Å². The molecule has 6 heteroatoms. The lowest BCUT2D eigenvalue weighted by Crippen LogP contribution is -2.25. The Bertz CT molecular complexity index is 632. The number of allylic oxidation sites excluding steroid dienone is 2. The zero-order valence-electron chi connectivity index (χ0n) is 18.8. The fourth-order valence-corrected chi connectivity index (χ4v) is 3.70. The highest BCUT2D eigenvalue weighted by Gasteiger charge is 2.31. The number of carbonyl (C=O) groups excluding carboxylic acids is 3. The first-order valence-electron chi connectivity index (χ1n) is 11.3. The number of hydrogen-bond donors (Lipinski definition) is 1. The Morgan fingerprint density at radius 2 is 1.50 bits per heavy atom. The molecule has 1 aliphatic rings. The van der Waals surface area contributed by atoms with Crippen molar-refractivity contribution >= 4 is 17.5 Å². The van der Waals surface area contributed by atoms with Gasteiger partial charge in [0, 0.05) is 19.4 Å². The summed E-state index contributed by atoms with van der Waals surface area (Å²) < 4.78 is 10.3. The number of hydrogen-bond acceptors (Lipinski definition) is 6. The Labute approximate surface area is 180 Å². The van der Waals surface area contributed by atoms with Crippen LogP contribution in [0.5, 0.6) is 0 Å².